The molecule has 4 rings (SSSR count). The second-order valence-corrected chi connectivity index (χ2v) is 10.0. The molecule has 0 radical (unpaired) electrons. The van der Waals surface area contributed by atoms with Crippen LogP contribution in [0, 0.1) is 10.1 Å². The van der Waals surface area contributed by atoms with Gasteiger partial charge in [-0.15, -0.1) is 0 Å². The number of non-ortho nitro benzene ring substituents is 1. The summed E-state index contributed by atoms with van der Waals surface area (Å²) in [5.74, 6) is -0.448. The fourth-order valence-electron chi connectivity index (χ4n) is 4.03. The Labute approximate surface area is 200 Å². The number of likely N-dealkylation sites (N-methyl/N-ethyl adjacent to an activating group) is 1. The summed E-state index contributed by atoms with van der Waals surface area (Å²) < 4.78 is 0. The lowest BCUT2D eigenvalue weighted by molar-refractivity contribution is -0.384. The first kappa shape index (κ1) is 23.1. The van der Waals surface area contributed by atoms with Gasteiger partial charge in [0.1, 0.15) is 0 Å². The fourth-order valence-corrected chi connectivity index (χ4v) is 5.07. The summed E-state index contributed by atoms with van der Waals surface area (Å²) >= 11 is 7.40. The summed E-state index contributed by atoms with van der Waals surface area (Å²) in [6.45, 7) is 6.25. The number of imide groups is 1. The number of halogens is 1. The third-order valence-corrected chi connectivity index (χ3v) is 7.19. The van der Waals surface area contributed by atoms with Gasteiger partial charge in [0.25, 0.3) is 16.8 Å². The van der Waals surface area contributed by atoms with Gasteiger partial charge in [-0.05, 0) is 67.4 Å². The lowest BCUT2D eigenvalue weighted by atomic mass is 9.88. The summed E-state index contributed by atoms with van der Waals surface area (Å²) in [5, 5.41) is 11.1. The van der Waals surface area contributed by atoms with E-state index in [2.05, 4.69) is 24.8 Å². The van der Waals surface area contributed by atoms with Crippen molar-refractivity contribution in [2.24, 2.45) is 0 Å². The first-order chi connectivity index (χ1) is 15.5. The van der Waals surface area contributed by atoms with Crippen molar-refractivity contribution in [3.8, 4) is 0 Å². The van der Waals surface area contributed by atoms with Crippen LogP contribution in [0.4, 0.5) is 16.2 Å². The topological polar surface area (TPSA) is 83.8 Å². The Balaban J connectivity index is 1.64. The van der Waals surface area contributed by atoms with Crippen LogP contribution in [0.5, 0.6) is 0 Å². The molecule has 0 unspecified atom stereocenters. The number of hydrogen-bond donors (Lipinski definition) is 0. The van der Waals surface area contributed by atoms with Crippen LogP contribution in [0.2, 0.25) is 5.02 Å². The van der Waals surface area contributed by atoms with E-state index in [-0.39, 0.29) is 22.7 Å². The van der Waals surface area contributed by atoms with Crippen LogP contribution in [0.25, 0.3) is 11.6 Å². The van der Waals surface area contributed by atoms with Crippen molar-refractivity contribution in [1.29, 1.82) is 0 Å². The highest BCUT2D eigenvalue weighted by molar-refractivity contribution is 8.18. The number of nitrogens with zero attached hydrogens (tertiary/aromatic N) is 3. The zero-order chi connectivity index (χ0) is 24.1. The van der Waals surface area contributed by atoms with E-state index < -0.39 is 16.1 Å². The van der Waals surface area contributed by atoms with E-state index in [1.165, 1.54) is 18.2 Å². The first-order valence-corrected chi connectivity index (χ1v) is 11.4. The van der Waals surface area contributed by atoms with E-state index >= 15 is 0 Å². The molecular formula is C24H22ClN3O4S. The maximum absolute atomic E-state index is 13.0. The number of carbonyl (C=O) groups is 2. The second kappa shape index (κ2) is 8.35. The van der Waals surface area contributed by atoms with Crippen LogP contribution >= 0.6 is 23.4 Å². The summed E-state index contributed by atoms with van der Waals surface area (Å²) in [6, 6.07) is 9.72. The van der Waals surface area contributed by atoms with Crippen LogP contribution in [0.1, 0.15) is 37.5 Å². The number of carbonyl (C=O) groups excluding carboxylic acids is 2. The number of hydrogen-bond acceptors (Lipinski definition) is 6. The van der Waals surface area contributed by atoms with Crippen molar-refractivity contribution >= 4 is 57.5 Å². The average Bonchev–Trinajstić information content (AvgIpc) is 3.00. The number of thioether (sulfide) groups is 1. The largest absolute Gasteiger partial charge is 0.365 e. The normalized spacial score (nSPS) is 18.6. The number of nitro groups is 1. The van der Waals surface area contributed by atoms with E-state index in [1.54, 1.807) is 12.1 Å². The van der Waals surface area contributed by atoms with Gasteiger partial charge in [-0.3, -0.25) is 24.6 Å². The van der Waals surface area contributed by atoms with Gasteiger partial charge >= 0.3 is 0 Å². The molecule has 170 valence electrons. The molecule has 1 fully saturated rings. The minimum Gasteiger partial charge on any atom is -0.365 e. The summed E-state index contributed by atoms with van der Waals surface area (Å²) in [4.78, 5) is 39.5. The third-order valence-electron chi connectivity index (χ3n) is 5.96. The first-order valence-electron chi connectivity index (χ1n) is 10.2. The highest BCUT2D eigenvalue weighted by Gasteiger charge is 2.36. The zero-order valence-electron chi connectivity index (χ0n) is 18.6. The maximum atomic E-state index is 13.0. The van der Waals surface area contributed by atoms with E-state index in [9.17, 15) is 19.7 Å². The Hall–Kier alpha value is -3.10. The van der Waals surface area contributed by atoms with Gasteiger partial charge in [-0.1, -0.05) is 29.8 Å². The Bertz CT molecular complexity index is 1270. The molecule has 2 aromatic rings. The average molecular weight is 484 g/mol. The molecule has 2 heterocycles. The molecule has 0 aromatic heterocycles. The zero-order valence-corrected chi connectivity index (χ0v) is 20.2. The molecule has 0 atom stereocenters. The molecule has 0 bridgehead atoms. The molecule has 9 heteroatoms. The van der Waals surface area contributed by atoms with Crippen LogP contribution < -0.4 is 4.90 Å². The number of anilines is 1. The number of benzene rings is 2. The molecule has 2 amide bonds. The highest BCUT2D eigenvalue weighted by Crippen LogP contribution is 2.42. The predicted octanol–water partition coefficient (Wildman–Crippen LogP) is 6.12. The molecule has 2 aromatic carbocycles. The highest BCUT2D eigenvalue weighted by atomic mass is 35.5. The SMILES string of the molecule is CC1=CC(C)(C)N(C)c2cc(Cl)c(/C=C3/SC(=O)N(Cc4cccc([N+](=O)[O-])c4)C3=O)cc21. The van der Waals surface area contributed by atoms with Crippen LogP contribution in [-0.4, -0.2) is 33.6 Å². The Kier molecular flexibility index (Phi) is 5.84. The molecule has 33 heavy (non-hydrogen) atoms. The number of nitro benzene ring substituents is 1. The van der Waals surface area contributed by atoms with Crippen molar-refractivity contribution in [2.45, 2.75) is 32.9 Å². The summed E-state index contributed by atoms with van der Waals surface area (Å²) in [5.41, 5.74) is 4.04. The Morgan fingerprint density at radius 2 is 1.94 bits per heavy atom. The Morgan fingerprint density at radius 3 is 2.64 bits per heavy atom. The molecule has 0 saturated carbocycles. The van der Waals surface area contributed by atoms with Crippen LogP contribution in [0.15, 0.2) is 47.4 Å². The van der Waals surface area contributed by atoms with Gasteiger partial charge in [0.15, 0.2) is 0 Å². The number of amides is 2. The minimum atomic E-state index is -0.510. The molecule has 0 N–H and O–H groups in total. The molecule has 1 saturated heterocycles. The van der Waals surface area contributed by atoms with Gasteiger partial charge in [-0.25, -0.2) is 0 Å². The van der Waals surface area contributed by atoms with Crippen molar-refractivity contribution < 1.29 is 14.5 Å². The standard InChI is InChI=1S/C24H22ClN3O4S/c1-14-12-24(2,3)26(4)20-11-19(25)16(9-18(14)20)10-21-22(29)27(23(30)33-21)13-15-6-5-7-17(8-15)28(31)32/h5-12H,13H2,1-4H3/b21-10+. The quantitative estimate of drug-likeness (QED) is 0.296. The van der Waals surface area contributed by atoms with E-state index in [0.29, 0.717) is 16.1 Å². The minimum absolute atomic E-state index is 0.0384. The number of allylic oxidation sites excluding steroid dienone is 1. The molecule has 2 aliphatic heterocycles. The Morgan fingerprint density at radius 1 is 1.21 bits per heavy atom. The van der Waals surface area contributed by atoms with Gasteiger partial charge < -0.3 is 4.90 Å². The molecular weight excluding hydrogens is 462 g/mol. The predicted molar refractivity (Wildman–Crippen MR) is 132 cm³/mol. The van der Waals surface area contributed by atoms with Crippen LogP contribution in [0.3, 0.4) is 0 Å². The second-order valence-electron chi connectivity index (χ2n) is 8.63. The van der Waals surface area contributed by atoms with Crippen molar-refractivity contribution in [2.75, 3.05) is 11.9 Å². The number of fused-ring (bicyclic) bond motifs is 1. The van der Waals surface area contributed by atoms with Crippen molar-refractivity contribution in [3.05, 3.63) is 79.2 Å². The van der Waals surface area contributed by atoms with Gasteiger partial charge in [0.2, 0.25) is 0 Å². The maximum Gasteiger partial charge on any atom is 0.293 e. The van der Waals surface area contributed by atoms with Gasteiger partial charge in [0, 0.05) is 35.5 Å². The van der Waals surface area contributed by atoms with E-state index in [4.69, 9.17) is 11.6 Å². The van der Waals surface area contributed by atoms with Crippen LogP contribution in [-0.2, 0) is 11.3 Å². The third kappa shape index (κ3) is 4.28. The van der Waals surface area contributed by atoms with E-state index in [0.717, 1.165) is 33.5 Å². The molecule has 0 spiro atoms. The lowest BCUT2D eigenvalue weighted by Crippen LogP contribution is -2.42. The molecule has 2 aliphatic rings. The monoisotopic (exact) mass is 483 g/mol. The smallest absolute Gasteiger partial charge is 0.293 e. The van der Waals surface area contributed by atoms with E-state index in [1.807, 2.05) is 26.1 Å². The van der Waals surface area contributed by atoms with Gasteiger partial charge in [0.05, 0.1) is 21.9 Å². The van der Waals surface area contributed by atoms with Gasteiger partial charge in [-0.2, -0.15) is 0 Å². The summed E-state index contributed by atoms with van der Waals surface area (Å²) in [6.07, 6.45) is 3.81. The summed E-state index contributed by atoms with van der Waals surface area (Å²) in [7, 11) is 2.01. The molecule has 7 nitrogen and oxygen atoms in total. The molecule has 0 aliphatic carbocycles. The number of rotatable bonds is 4. The fraction of sp³-hybridized carbons (Fsp3) is 0.250. The lowest BCUT2D eigenvalue weighted by Gasteiger charge is -2.40. The van der Waals surface area contributed by atoms with Crippen molar-refractivity contribution in [3.63, 3.8) is 0 Å². The van der Waals surface area contributed by atoms with Crippen molar-refractivity contribution in [1.82, 2.24) is 4.90 Å².